The third kappa shape index (κ3) is 5.78. The molecule has 0 saturated carbocycles. The Hall–Kier alpha value is -1.45. The van der Waals surface area contributed by atoms with Crippen molar-refractivity contribution in [3.8, 4) is 0 Å². The van der Waals surface area contributed by atoms with Crippen molar-refractivity contribution in [3.63, 3.8) is 0 Å². The highest BCUT2D eigenvalue weighted by atomic mass is 16.7. The first-order valence-corrected chi connectivity index (χ1v) is 11.4. The van der Waals surface area contributed by atoms with Gasteiger partial charge in [-0.05, 0) is 38.8 Å². The first kappa shape index (κ1) is 22.8. The summed E-state index contributed by atoms with van der Waals surface area (Å²) in [4.78, 5) is 4.97. The summed E-state index contributed by atoms with van der Waals surface area (Å²) in [6, 6.07) is 12.5. The van der Waals surface area contributed by atoms with E-state index in [1.807, 2.05) is 19.9 Å². The minimum atomic E-state index is -0.758. The van der Waals surface area contributed by atoms with Crippen LogP contribution in [0.1, 0.15) is 84.8 Å². The van der Waals surface area contributed by atoms with E-state index in [0.29, 0.717) is 19.1 Å². The Kier molecular flexibility index (Phi) is 9.94. The summed E-state index contributed by atoms with van der Waals surface area (Å²) in [6.07, 6.45) is 9.95. The lowest BCUT2D eigenvalue weighted by molar-refractivity contribution is -0.278. The minimum absolute atomic E-state index is 0.298. The molecule has 0 aliphatic rings. The molecule has 1 aromatic carbocycles. The van der Waals surface area contributed by atoms with E-state index in [1.165, 1.54) is 38.5 Å². The molecule has 156 valence electrons. The normalized spacial score (nSPS) is 13.1. The van der Waals surface area contributed by atoms with Crippen LogP contribution in [0, 0.1) is 5.92 Å². The van der Waals surface area contributed by atoms with Gasteiger partial charge in [0, 0.05) is 24.5 Å². The van der Waals surface area contributed by atoms with Gasteiger partial charge in [0.25, 0.3) is 0 Å². The van der Waals surface area contributed by atoms with Gasteiger partial charge in [-0.3, -0.25) is 0 Å². The van der Waals surface area contributed by atoms with Crippen LogP contribution in [0.5, 0.6) is 0 Å². The first-order valence-electron chi connectivity index (χ1n) is 11.4. The van der Waals surface area contributed by atoms with Crippen LogP contribution in [0.3, 0.4) is 0 Å². The summed E-state index contributed by atoms with van der Waals surface area (Å²) in [5, 5.41) is 1.15. The van der Waals surface area contributed by atoms with Crippen molar-refractivity contribution in [2.45, 2.75) is 84.8 Å². The topological polar surface area (TPSA) is 31.4 Å². The molecule has 1 atom stereocenters. The predicted octanol–water partition coefficient (Wildman–Crippen LogP) is 7.24. The molecule has 3 nitrogen and oxygen atoms in total. The number of fused-ring (bicyclic) bond motifs is 1. The molecule has 1 heterocycles. The minimum Gasteiger partial charge on any atom is -0.345 e. The Morgan fingerprint density at radius 1 is 0.821 bits per heavy atom. The van der Waals surface area contributed by atoms with E-state index in [9.17, 15) is 0 Å². The number of aromatic nitrogens is 1. The molecule has 2 aromatic rings. The van der Waals surface area contributed by atoms with Crippen LogP contribution in [0.2, 0.25) is 0 Å². The summed E-state index contributed by atoms with van der Waals surface area (Å²) < 4.78 is 12.7. The van der Waals surface area contributed by atoms with Crippen molar-refractivity contribution in [2.24, 2.45) is 5.92 Å². The highest BCUT2D eigenvalue weighted by molar-refractivity contribution is 5.78. The number of unbranched alkanes of at least 4 members (excludes halogenated alkanes) is 5. The third-order valence-electron chi connectivity index (χ3n) is 5.61. The van der Waals surface area contributed by atoms with Gasteiger partial charge in [0.15, 0.2) is 0 Å². The number of ether oxygens (including phenoxy) is 2. The molecule has 0 N–H and O–H groups in total. The average molecular weight is 386 g/mol. The Bertz CT molecular complexity index is 679. The van der Waals surface area contributed by atoms with Crippen LogP contribution in [0.15, 0.2) is 36.4 Å². The molecule has 0 spiro atoms. The van der Waals surface area contributed by atoms with E-state index in [0.717, 1.165) is 29.4 Å². The summed E-state index contributed by atoms with van der Waals surface area (Å²) in [7, 11) is 0. The Labute approximate surface area is 171 Å². The van der Waals surface area contributed by atoms with E-state index in [1.54, 1.807) is 0 Å². The summed E-state index contributed by atoms with van der Waals surface area (Å²) in [5.74, 6) is -0.460. The first-order chi connectivity index (χ1) is 13.7. The third-order valence-corrected chi connectivity index (χ3v) is 5.61. The maximum absolute atomic E-state index is 6.37. The quantitative estimate of drug-likeness (QED) is 0.254. The molecule has 28 heavy (non-hydrogen) atoms. The zero-order valence-electron chi connectivity index (χ0n) is 18.4. The maximum atomic E-state index is 6.37. The fraction of sp³-hybridized carbons (Fsp3) is 0.640. The van der Waals surface area contributed by atoms with Gasteiger partial charge in [-0.15, -0.1) is 0 Å². The van der Waals surface area contributed by atoms with Crippen molar-refractivity contribution in [2.75, 3.05) is 13.2 Å². The van der Waals surface area contributed by atoms with E-state index in [2.05, 4.69) is 44.2 Å². The van der Waals surface area contributed by atoms with Crippen molar-refractivity contribution in [3.05, 3.63) is 42.1 Å². The van der Waals surface area contributed by atoms with E-state index in [4.69, 9.17) is 14.5 Å². The molecular formula is C25H39NO2. The zero-order valence-corrected chi connectivity index (χ0v) is 18.4. The van der Waals surface area contributed by atoms with Crippen LogP contribution in [-0.4, -0.2) is 18.2 Å². The van der Waals surface area contributed by atoms with Crippen LogP contribution in [0.4, 0.5) is 0 Å². The average Bonchev–Trinajstić information content (AvgIpc) is 2.73. The fourth-order valence-electron chi connectivity index (χ4n) is 4.16. The second-order valence-electron chi connectivity index (χ2n) is 7.58. The molecule has 1 aromatic heterocycles. The number of rotatable bonds is 14. The van der Waals surface area contributed by atoms with Crippen molar-refractivity contribution in [1.82, 2.24) is 4.98 Å². The standard InChI is InChI=1S/C25H39NO2/c1-5-9-10-11-12-13-17-22(6-2)25(27-7-3,28-8-4)24-20-19-21-16-14-15-18-23(21)26-24/h14-16,18-20,22H,5-13,17H2,1-4H3. The predicted molar refractivity (Wildman–Crippen MR) is 118 cm³/mol. The molecular weight excluding hydrogens is 346 g/mol. The number of hydrogen-bond donors (Lipinski definition) is 0. The van der Waals surface area contributed by atoms with Crippen molar-refractivity contribution < 1.29 is 9.47 Å². The van der Waals surface area contributed by atoms with Gasteiger partial charge >= 0.3 is 0 Å². The number of nitrogens with zero attached hydrogens (tertiary/aromatic N) is 1. The summed E-state index contributed by atoms with van der Waals surface area (Å²) >= 11 is 0. The lowest BCUT2D eigenvalue weighted by atomic mass is 9.86. The van der Waals surface area contributed by atoms with Crippen molar-refractivity contribution in [1.29, 1.82) is 0 Å². The molecule has 0 aliphatic heterocycles. The molecule has 3 heteroatoms. The molecule has 0 aliphatic carbocycles. The van der Waals surface area contributed by atoms with E-state index < -0.39 is 5.79 Å². The molecule has 0 radical (unpaired) electrons. The van der Waals surface area contributed by atoms with E-state index in [-0.39, 0.29) is 0 Å². The van der Waals surface area contributed by atoms with Crippen LogP contribution >= 0.6 is 0 Å². The molecule has 0 fully saturated rings. The molecule has 1 unspecified atom stereocenters. The summed E-state index contributed by atoms with van der Waals surface area (Å²) in [5.41, 5.74) is 1.91. The van der Waals surface area contributed by atoms with Gasteiger partial charge in [-0.25, -0.2) is 4.98 Å². The SMILES string of the molecule is CCCCCCCCC(CC)C(OCC)(OCC)c1ccc2ccccc2n1. The largest absolute Gasteiger partial charge is 0.345 e. The fourth-order valence-corrected chi connectivity index (χ4v) is 4.16. The zero-order chi connectivity index (χ0) is 20.2. The van der Waals surface area contributed by atoms with Gasteiger partial charge in [0.05, 0.1) is 5.52 Å². The van der Waals surface area contributed by atoms with Gasteiger partial charge < -0.3 is 9.47 Å². The van der Waals surface area contributed by atoms with Crippen LogP contribution in [-0.2, 0) is 15.3 Å². The molecule has 2 rings (SSSR count). The molecule has 0 amide bonds. The number of para-hydroxylation sites is 1. The highest BCUT2D eigenvalue weighted by Gasteiger charge is 2.42. The Balaban J connectivity index is 2.25. The number of benzene rings is 1. The maximum Gasteiger partial charge on any atom is 0.215 e. The number of hydrogen-bond acceptors (Lipinski definition) is 3. The molecule has 0 bridgehead atoms. The van der Waals surface area contributed by atoms with Gasteiger partial charge in [0.2, 0.25) is 5.79 Å². The summed E-state index contributed by atoms with van der Waals surface area (Å²) in [6.45, 7) is 9.83. The van der Waals surface area contributed by atoms with Gasteiger partial charge in [0.1, 0.15) is 5.69 Å². The Morgan fingerprint density at radius 3 is 2.18 bits per heavy atom. The highest BCUT2D eigenvalue weighted by Crippen LogP contribution is 2.40. The van der Waals surface area contributed by atoms with Gasteiger partial charge in [-0.1, -0.05) is 76.6 Å². The smallest absolute Gasteiger partial charge is 0.215 e. The van der Waals surface area contributed by atoms with Crippen LogP contribution in [0.25, 0.3) is 10.9 Å². The monoisotopic (exact) mass is 385 g/mol. The number of pyridine rings is 1. The second-order valence-corrected chi connectivity index (χ2v) is 7.58. The van der Waals surface area contributed by atoms with Gasteiger partial charge in [-0.2, -0.15) is 0 Å². The van der Waals surface area contributed by atoms with Crippen molar-refractivity contribution >= 4 is 10.9 Å². The van der Waals surface area contributed by atoms with Crippen LogP contribution < -0.4 is 0 Å². The lowest BCUT2D eigenvalue weighted by Crippen LogP contribution is -2.42. The second kappa shape index (κ2) is 12.2. The lowest BCUT2D eigenvalue weighted by Gasteiger charge is -2.39. The Morgan fingerprint density at radius 2 is 1.50 bits per heavy atom. The van der Waals surface area contributed by atoms with E-state index >= 15 is 0 Å². The molecule has 0 saturated heterocycles.